The summed E-state index contributed by atoms with van der Waals surface area (Å²) in [6.45, 7) is 8.63. The Kier molecular flexibility index (Phi) is 10.8. The highest BCUT2D eigenvalue weighted by molar-refractivity contribution is 9.10. The van der Waals surface area contributed by atoms with Crippen molar-refractivity contribution in [2.75, 3.05) is 20.3 Å². The summed E-state index contributed by atoms with van der Waals surface area (Å²) in [4.78, 5) is 28.9. The maximum absolute atomic E-state index is 13.8. The van der Waals surface area contributed by atoms with Crippen molar-refractivity contribution >= 4 is 27.7 Å². The Bertz CT molecular complexity index is 1210. The van der Waals surface area contributed by atoms with E-state index < -0.39 is 6.04 Å². The Hall–Kier alpha value is -3.32. The molecule has 0 aliphatic carbocycles. The van der Waals surface area contributed by atoms with Crippen LogP contribution in [0.2, 0.25) is 0 Å². The van der Waals surface area contributed by atoms with Crippen molar-refractivity contribution in [2.24, 2.45) is 5.92 Å². The zero-order valence-electron chi connectivity index (χ0n) is 22.8. The molecule has 3 aromatic carbocycles. The van der Waals surface area contributed by atoms with Crippen LogP contribution in [0, 0.1) is 19.8 Å². The smallest absolute Gasteiger partial charge is 0.261 e. The number of amides is 2. The number of hydrogen-bond donors (Lipinski definition) is 1. The number of aryl methyl sites for hydroxylation is 2. The van der Waals surface area contributed by atoms with Crippen molar-refractivity contribution < 1.29 is 19.1 Å². The van der Waals surface area contributed by atoms with Crippen LogP contribution in [0.15, 0.2) is 71.2 Å². The Morgan fingerprint density at radius 3 is 2.21 bits per heavy atom. The third kappa shape index (κ3) is 8.35. The molecule has 2 amide bonds. The summed E-state index contributed by atoms with van der Waals surface area (Å²) < 4.78 is 12.4. The fourth-order valence-electron chi connectivity index (χ4n) is 4.16. The lowest BCUT2D eigenvalue weighted by molar-refractivity contribution is -0.142. The molecule has 0 heterocycles. The molecule has 0 radical (unpaired) electrons. The molecule has 0 fully saturated rings. The molecule has 0 aromatic heterocycles. The van der Waals surface area contributed by atoms with Gasteiger partial charge in [0.2, 0.25) is 5.91 Å². The van der Waals surface area contributed by atoms with Crippen molar-refractivity contribution in [1.82, 2.24) is 10.2 Å². The second-order valence-electron chi connectivity index (χ2n) is 9.88. The van der Waals surface area contributed by atoms with Crippen LogP contribution in [-0.2, 0) is 22.6 Å². The highest BCUT2D eigenvalue weighted by Gasteiger charge is 2.31. The van der Waals surface area contributed by atoms with Crippen LogP contribution in [0.5, 0.6) is 11.5 Å². The molecule has 38 heavy (non-hydrogen) atoms. The van der Waals surface area contributed by atoms with E-state index in [1.165, 1.54) is 0 Å². The van der Waals surface area contributed by atoms with E-state index in [-0.39, 0.29) is 30.9 Å². The number of carbonyl (C=O) groups is 2. The first-order valence-corrected chi connectivity index (χ1v) is 13.6. The fraction of sp³-hybridized carbons (Fsp3) is 0.355. The summed E-state index contributed by atoms with van der Waals surface area (Å²) in [5.41, 5.74) is 3.88. The molecule has 0 aliphatic heterocycles. The van der Waals surface area contributed by atoms with E-state index in [0.717, 1.165) is 26.7 Å². The topological polar surface area (TPSA) is 67.9 Å². The Balaban J connectivity index is 1.93. The maximum atomic E-state index is 13.8. The van der Waals surface area contributed by atoms with E-state index in [1.807, 2.05) is 94.4 Å². The van der Waals surface area contributed by atoms with Gasteiger partial charge in [-0.15, -0.1) is 0 Å². The summed E-state index contributed by atoms with van der Waals surface area (Å²) in [6, 6.07) is 20.4. The van der Waals surface area contributed by atoms with Crippen molar-refractivity contribution in [2.45, 2.75) is 46.7 Å². The summed E-state index contributed by atoms with van der Waals surface area (Å²) in [7, 11) is 1.61. The molecule has 1 atom stereocenters. The molecule has 1 N–H and O–H groups in total. The van der Waals surface area contributed by atoms with Crippen molar-refractivity contribution in [3.8, 4) is 11.5 Å². The number of halogens is 1. The number of nitrogens with zero attached hydrogens (tertiary/aromatic N) is 1. The molecule has 0 aliphatic rings. The van der Waals surface area contributed by atoms with Gasteiger partial charge < -0.3 is 19.7 Å². The quantitative estimate of drug-likeness (QED) is 0.291. The molecule has 0 saturated heterocycles. The number of ether oxygens (including phenoxy) is 2. The maximum Gasteiger partial charge on any atom is 0.261 e. The van der Waals surface area contributed by atoms with Gasteiger partial charge in [-0.1, -0.05) is 72.2 Å². The normalized spacial score (nSPS) is 11.7. The predicted molar refractivity (Wildman–Crippen MR) is 154 cm³/mol. The molecule has 3 aromatic rings. The van der Waals surface area contributed by atoms with Crippen LogP contribution in [0.25, 0.3) is 0 Å². The number of carbonyl (C=O) groups excluding carboxylic acids is 2. The van der Waals surface area contributed by atoms with Gasteiger partial charge in [-0.3, -0.25) is 9.59 Å². The molecule has 3 rings (SSSR count). The van der Waals surface area contributed by atoms with Crippen molar-refractivity contribution in [3.05, 3.63) is 93.5 Å². The summed E-state index contributed by atoms with van der Waals surface area (Å²) >= 11 is 3.57. The van der Waals surface area contributed by atoms with Crippen LogP contribution in [0.3, 0.4) is 0 Å². The van der Waals surface area contributed by atoms with E-state index in [4.69, 9.17) is 9.47 Å². The minimum atomic E-state index is -0.716. The first kappa shape index (κ1) is 29.2. The van der Waals surface area contributed by atoms with Crippen LogP contribution >= 0.6 is 15.9 Å². The Morgan fingerprint density at radius 1 is 0.921 bits per heavy atom. The van der Waals surface area contributed by atoms with Gasteiger partial charge in [0, 0.05) is 24.0 Å². The highest BCUT2D eigenvalue weighted by atomic mass is 79.9. The summed E-state index contributed by atoms with van der Waals surface area (Å²) in [5.74, 6) is 1.13. The van der Waals surface area contributed by atoms with Gasteiger partial charge in [-0.25, -0.2) is 0 Å². The highest BCUT2D eigenvalue weighted by Crippen LogP contribution is 2.26. The average Bonchev–Trinajstić information content (AvgIpc) is 2.91. The number of benzene rings is 3. The molecule has 1 unspecified atom stereocenters. The fourth-order valence-corrected chi connectivity index (χ4v) is 4.39. The van der Waals surface area contributed by atoms with Crippen LogP contribution < -0.4 is 14.8 Å². The standard InChI is InChI=1S/C31H37BrN2O4/c1-21(2)18-33-31(36)28(17-24-10-7-6-8-11-24)34(19-25-12-9-13-26(16-25)37-5)29(35)20-38-27-14-22(3)30(32)23(4)15-27/h6-16,21,28H,17-20H2,1-5H3,(H,33,36). The first-order chi connectivity index (χ1) is 18.2. The largest absolute Gasteiger partial charge is 0.497 e. The third-order valence-electron chi connectivity index (χ3n) is 6.21. The van der Waals surface area contributed by atoms with Crippen LogP contribution in [0.4, 0.5) is 0 Å². The van der Waals surface area contributed by atoms with Crippen LogP contribution in [0.1, 0.15) is 36.1 Å². The number of rotatable bonds is 12. The summed E-state index contributed by atoms with van der Waals surface area (Å²) in [6.07, 6.45) is 0.386. The number of nitrogens with one attached hydrogen (secondary N) is 1. The second-order valence-corrected chi connectivity index (χ2v) is 10.7. The zero-order valence-corrected chi connectivity index (χ0v) is 24.4. The van der Waals surface area contributed by atoms with E-state index >= 15 is 0 Å². The lowest BCUT2D eigenvalue weighted by Crippen LogP contribution is -2.52. The van der Waals surface area contributed by atoms with E-state index in [9.17, 15) is 9.59 Å². The zero-order chi connectivity index (χ0) is 27.7. The molecule has 6 nitrogen and oxygen atoms in total. The van der Waals surface area contributed by atoms with E-state index in [1.54, 1.807) is 12.0 Å². The molecular formula is C31H37BrN2O4. The van der Waals surface area contributed by atoms with Gasteiger partial charge in [0.15, 0.2) is 6.61 Å². The molecule has 0 spiro atoms. The van der Waals surface area contributed by atoms with Gasteiger partial charge in [0.1, 0.15) is 17.5 Å². The monoisotopic (exact) mass is 580 g/mol. The average molecular weight is 582 g/mol. The van der Waals surface area contributed by atoms with Crippen molar-refractivity contribution in [3.63, 3.8) is 0 Å². The van der Waals surface area contributed by atoms with Crippen LogP contribution in [-0.4, -0.2) is 43.0 Å². The molecule has 0 saturated carbocycles. The minimum Gasteiger partial charge on any atom is -0.497 e. The van der Waals surface area contributed by atoms with Gasteiger partial charge in [-0.2, -0.15) is 0 Å². The molecule has 202 valence electrons. The van der Waals surface area contributed by atoms with Gasteiger partial charge >= 0.3 is 0 Å². The lowest BCUT2D eigenvalue weighted by atomic mass is 10.0. The first-order valence-electron chi connectivity index (χ1n) is 12.8. The Morgan fingerprint density at radius 2 is 1.58 bits per heavy atom. The van der Waals surface area contributed by atoms with Gasteiger partial charge in [0.05, 0.1) is 7.11 Å². The van der Waals surface area contributed by atoms with Crippen molar-refractivity contribution in [1.29, 1.82) is 0 Å². The predicted octanol–water partition coefficient (Wildman–Crippen LogP) is 5.87. The van der Waals surface area contributed by atoms with E-state index in [2.05, 4.69) is 21.2 Å². The van der Waals surface area contributed by atoms with Gasteiger partial charge in [-0.05, 0) is 66.3 Å². The minimum absolute atomic E-state index is 0.186. The summed E-state index contributed by atoms with van der Waals surface area (Å²) in [5, 5.41) is 3.04. The second kappa shape index (κ2) is 14.0. The van der Waals surface area contributed by atoms with Gasteiger partial charge in [0.25, 0.3) is 5.91 Å². The SMILES string of the molecule is COc1cccc(CN(C(=O)COc2cc(C)c(Br)c(C)c2)C(Cc2ccccc2)C(=O)NCC(C)C)c1. The lowest BCUT2D eigenvalue weighted by Gasteiger charge is -2.32. The molecular weight excluding hydrogens is 544 g/mol. The van der Waals surface area contributed by atoms with E-state index in [0.29, 0.717) is 24.5 Å². The Labute approximate surface area is 234 Å². The number of methoxy groups -OCH3 is 1. The molecule has 7 heteroatoms. The number of hydrogen-bond acceptors (Lipinski definition) is 4. The third-order valence-corrected chi connectivity index (χ3v) is 7.47. The molecule has 0 bridgehead atoms.